The molecule has 0 saturated heterocycles. The maximum Gasteiger partial charge on any atom is 0.125 e. The van der Waals surface area contributed by atoms with Crippen LogP contribution < -0.4 is 5.73 Å². The normalized spacial score (nSPS) is 10.8. The zero-order valence-electron chi connectivity index (χ0n) is 9.58. The van der Waals surface area contributed by atoms with Crippen LogP contribution >= 0.6 is 0 Å². The molecule has 0 radical (unpaired) electrons. The van der Waals surface area contributed by atoms with E-state index in [2.05, 4.69) is 5.10 Å². The molecule has 0 amide bonds. The van der Waals surface area contributed by atoms with Crippen LogP contribution in [0.3, 0.4) is 0 Å². The number of halogens is 1. The highest BCUT2D eigenvalue weighted by Gasteiger charge is 2.14. The number of rotatable bonds is 1. The molecule has 1 aromatic carbocycles. The topological polar surface area (TPSA) is 43.8 Å². The highest BCUT2D eigenvalue weighted by Crippen LogP contribution is 2.31. The number of nitrogens with zero attached hydrogens (tertiary/aromatic N) is 2. The summed E-state index contributed by atoms with van der Waals surface area (Å²) in [6, 6.07) is 4.44. The van der Waals surface area contributed by atoms with E-state index in [4.69, 9.17) is 5.73 Å². The molecule has 0 aliphatic heterocycles. The summed E-state index contributed by atoms with van der Waals surface area (Å²) >= 11 is 0. The second kappa shape index (κ2) is 3.63. The van der Waals surface area contributed by atoms with Crippen molar-refractivity contribution >= 4 is 5.69 Å². The average molecular weight is 219 g/mol. The number of aryl methyl sites for hydroxylation is 2. The molecule has 1 heterocycles. The van der Waals surface area contributed by atoms with E-state index in [-0.39, 0.29) is 5.82 Å². The minimum absolute atomic E-state index is 0.319. The summed E-state index contributed by atoms with van der Waals surface area (Å²) in [4.78, 5) is 0. The van der Waals surface area contributed by atoms with E-state index in [1.807, 2.05) is 20.9 Å². The summed E-state index contributed by atoms with van der Waals surface area (Å²) in [5.74, 6) is -0.319. The van der Waals surface area contributed by atoms with Crippen LogP contribution in [0.25, 0.3) is 11.1 Å². The van der Waals surface area contributed by atoms with Gasteiger partial charge in [-0.05, 0) is 32.0 Å². The van der Waals surface area contributed by atoms with Gasteiger partial charge in [-0.15, -0.1) is 0 Å². The summed E-state index contributed by atoms with van der Waals surface area (Å²) < 4.78 is 14.8. The predicted octanol–water partition coefficient (Wildman–Crippen LogP) is 2.43. The lowest BCUT2D eigenvalue weighted by molar-refractivity contribution is 0.628. The van der Waals surface area contributed by atoms with Crippen LogP contribution in [0.2, 0.25) is 0 Å². The van der Waals surface area contributed by atoms with E-state index in [1.165, 1.54) is 12.1 Å². The highest BCUT2D eigenvalue weighted by atomic mass is 19.1. The van der Waals surface area contributed by atoms with Crippen LogP contribution in [-0.4, -0.2) is 9.78 Å². The van der Waals surface area contributed by atoms with Crippen molar-refractivity contribution < 1.29 is 4.39 Å². The zero-order valence-corrected chi connectivity index (χ0v) is 9.58. The van der Waals surface area contributed by atoms with Crippen LogP contribution in [0.5, 0.6) is 0 Å². The standard InChI is InChI=1S/C12H14FN3/c1-7-12(8(2)16(3)15-7)10-5-4-9(13)6-11(10)14/h4-6H,14H2,1-3H3. The first-order chi connectivity index (χ1) is 7.50. The van der Waals surface area contributed by atoms with Gasteiger partial charge in [-0.1, -0.05) is 0 Å². The second-order valence-electron chi connectivity index (χ2n) is 3.90. The maximum absolute atomic E-state index is 13.0. The Bertz CT molecular complexity index is 543. The number of nitrogen functional groups attached to an aromatic ring is 1. The van der Waals surface area contributed by atoms with Crippen molar-refractivity contribution in [2.45, 2.75) is 13.8 Å². The first-order valence-electron chi connectivity index (χ1n) is 5.06. The lowest BCUT2D eigenvalue weighted by Crippen LogP contribution is -1.95. The monoisotopic (exact) mass is 219 g/mol. The van der Waals surface area contributed by atoms with Crippen molar-refractivity contribution in [3.63, 3.8) is 0 Å². The second-order valence-corrected chi connectivity index (χ2v) is 3.90. The van der Waals surface area contributed by atoms with Gasteiger partial charge in [-0.25, -0.2) is 4.39 Å². The van der Waals surface area contributed by atoms with Crippen molar-refractivity contribution in [2.75, 3.05) is 5.73 Å². The molecule has 84 valence electrons. The van der Waals surface area contributed by atoms with E-state index >= 15 is 0 Å². The molecular weight excluding hydrogens is 205 g/mol. The van der Waals surface area contributed by atoms with Crippen molar-refractivity contribution in [3.8, 4) is 11.1 Å². The van der Waals surface area contributed by atoms with Gasteiger partial charge in [0, 0.05) is 29.6 Å². The molecule has 2 rings (SSSR count). The van der Waals surface area contributed by atoms with Gasteiger partial charge >= 0.3 is 0 Å². The Morgan fingerprint density at radius 2 is 2.00 bits per heavy atom. The Hall–Kier alpha value is -1.84. The Kier molecular flexibility index (Phi) is 2.42. The molecule has 2 N–H and O–H groups in total. The number of anilines is 1. The van der Waals surface area contributed by atoms with Gasteiger partial charge in [0.2, 0.25) is 0 Å². The molecule has 1 aromatic heterocycles. The average Bonchev–Trinajstić information content (AvgIpc) is 2.43. The molecule has 0 bridgehead atoms. The minimum atomic E-state index is -0.319. The molecule has 0 aliphatic rings. The quantitative estimate of drug-likeness (QED) is 0.748. The first kappa shape index (κ1) is 10.7. The molecule has 3 nitrogen and oxygen atoms in total. The van der Waals surface area contributed by atoms with Gasteiger partial charge in [-0.3, -0.25) is 4.68 Å². The summed E-state index contributed by atoms with van der Waals surface area (Å²) in [5.41, 5.74) is 10.0. The minimum Gasteiger partial charge on any atom is -0.398 e. The summed E-state index contributed by atoms with van der Waals surface area (Å²) in [7, 11) is 1.88. The van der Waals surface area contributed by atoms with E-state index in [0.29, 0.717) is 5.69 Å². The van der Waals surface area contributed by atoms with Crippen LogP contribution in [0.15, 0.2) is 18.2 Å². The zero-order chi connectivity index (χ0) is 11.9. The number of hydrogen-bond acceptors (Lipinski definition) is 2. The van der Waals surface area contributed by atoms with E-state index in [9.17, 15) is 4.39 Å². The number of hydrogen-bond donors (Lipinski definition) is 1. The molecule has 0 aliphatic carbocycles. The third-order valence-electron chi connectivity index (χ3n) is 2.79. The molecule has 4 heteroatoms. The Morgan fingerprint density at radius 3 is 2.50 bits per heavy atom. The van der Waals surface area contributed by atoms with E-state index in [0.717, 1.165) is 22.5 Å². The van der Waals surface area contributed by atoms with Crippen molar-refractivity contribution in [1.29, 1.82) is 0 Å². The maximum atomic E-state index is 13.0. The van der Waals surface area contributed by atoms with Crippen LogP contribution in [0.1, 0.15) is 11.4 Å². The predicted molar refractivity (Wildman–Crippen MR) is 62.5 cm³/mol. The van der Waals surface area contributed by atoms with Gasteiger partial charge in [0.05, 0.1) is 5.69 Å². The number of aromatic nitrogens is 2. The molecule has 0 spiro atoms. The lowest BCUT2D eigenvalue weighted by atomic mass is 10.0. The van der Waals surface area contributed by atoms with E-state index < -0.39 is 0 Å². The highest BCUT2D eigenvalue weighted by molar-refractivity contribution is 5.79. The Labute approximate surface area is 93.7 Å². The van der Waals surface area contributed by atoms with Gasteiger partial charge in [0.25, 0.3) is 0 Å². The van der Waals surface area contributed by atoms with E-state index in [1.54, 1.807) is 10.7 Å². The SMILES string of the molecule is Cc1nn(C)c(C)c1-c1ccc(F)cc1N. The summed E-state index contributed by atoms with van der Waals surface area (Å²) in [5, 5.41) is 4.32. The first-order valence-corrected chi connectivity index (χ1v) is 5.06. The third kappa shape index (κ3) is 1.56. The van der Waals surface area contributed by atoms with Gasteiger partial charge in [0.1, 0.15) is 5.82 Å². The van der Waals surface area contributed by atoms with Crippen molar-refractivity contribution in [3.05, 3.63) is 35.4 Å². The number of benzene rings is 1. The molecule has 2 aromatic rings. The fourth-order valence-electron chi connectivity index (χ4n) is 1.92. The fraction of sp³-hybridized carbons (Fsp3) is 0.250. The molecular formula is C12H14FN3. The van der Waals surface area contributed by atoms with Crippen molar-refractivity contribution in [2.24, 2.45) is 7.05 Å². The summed E-state index contributed by atoms with van der Waals surface area (Å²) in [6.07, 6.45) is 0. The third-order valence-corrected chi connectivity index (χ3v) is 2.79. The van der Waals surface area contributed by atoms with Gasteiger partial charge in [-0.2, -0.15) is 5.10 Å². The largest absolute Gasteiger partial charge is 0.398 e. The Morgan fingerprint density at radius 1 is 1.31 bits per heavy atom. The van der Waals surface area contributed by atoms with Crippen LogP contribution in [0.4, 0.5) is 10.1 Å². The van der Waals surface area contributed by atoms with Crippen LogP contribution in [-0.2, 0) is 7.05 Å². The van der Waals surface area contributed by atoms with Crippen LogP contribution in [0, 0.1) is 19.7 Å². The Balaban J connectivity index is 2.67. The smallest absolute Gasteiger partial charge is 0.125 e. The lowest BCUT2D eigenvalue weighted by Gasteiger charge is -2.06. The van der Waals surface area contributed by atoms with Gasteiger partial charge in [0.15, 0.2) is 0 Å². The number of nitrogens with two attached hydrogens (primary N) is 1. The molecule has 16 heavy (non-hydrogen) atoms. The fourth-order valence-corrected chi connectivity index (χ4v) is 1.92. The van der Waals surface area contributed by atoms with Crippen molar-refractivity contribution in [1.82, 2.24) is 9.78 Å². The van der Waals surface area contributed by atoms with Gasteiger partial charge < -0.3 is 5.73 Å². The molecule has 0 atom stereocenters. The molecule has 0 fully saturated rings. The molecule has 0 unspecified atom stereocenters. The molecule has 0 saturated carbocycles. The summed E-state index contributed by atoms with van der Waals surface area (Å²) in [6.45, 7) is 3.89.